The number of nitrogen functional groups attached to an aromatic ring is 1. The number of hydrogen-bond donors (Lipinski definition) is 2. The summed E-state index contributed by atoms with van der Waals surface area (Å²) in [7, 11) is 0. The van der Waals surface area contributed by atoms with Crippen molar-refractivity contribution in [2.24, 2.45) is 5.73 Å². The van der Waals surface area contributed by atoms with Crippen LogP contribution in [0.4, 0.5) is 0 Å². The predicted molar refractivity (Wildman–Crippen MR) is 87.8 cm³/mol. The molecule has 104 valence electrons. The van der Waals surface area contributed by atoms with Crippen LogP contribution in [-0.4, -0.2) is 18.2 Å². The van der Waals surface area contributed by atoms with E-state index in [0.29, 0.717) is 12.2 Å². The number of rotatable bonds is 6. The Hall–Kier alpha value is -1.46. The van der Waals surface area contributed by atoms with Crippen molar-refractivity contribution in [2.45, 2.75) is 4.90 Å². The predicted octanol–water partition coefficient (Wildman–Crippen LogP) is 3.90. The highest BCUT2D eigenvalue weighted by atomic mass is 79.9. The first-order valence-corrected chi connectivity index (χ1v) is 7.88. The van der Waals surface area contributed by atoms with Gasteiger partial charge in [0.25, 0.3) is 0 Å². The summed E-state index contributed by atoms with van der Waals surface area (Å²) in [5.41, 5.74) is 6.11. The third-order valence-corrected chi connectivity index (χ3v) is 4.03. The van der Waals surface area contributed by atoms with E-state index >= 15 is 0 Å². The summed E-state index contributed by atoms with van der Waals surface area (Å²) in [5.74, 6) is 1.75. The van der Waals surface area contributed by atoms with Crippen LogP contribution in [0.25, 0.3) is 0 Å². The van der Waals surface area contributed by atoms with Crippen LogP contribution >= 0.6 is 27.7 Å². The van der Waals surface area contributed by atoms with Crippen molar-refractivity contribution in [3.63, 3.8) is 0 Å². The first-order chi connectivity index (χ1) is 9.65. The van der Waals surface area contributed by atoms with E-state index in [2.05, 4.69) is 28.1 Å². The topological polar surface area (TPSA) is 59.1 Å². The van der Waals surface area contributed by atoms with Gasteiger partial charge < -0.3 is 10.5 Å². The zero-order chi connectivity index (χ0) is 14.4. The van der Waals surface area contributed by atoms with E-state index in [-0.39, 0.29) is 5.84 Å². The van der Waals surface area contributed by atoms with Gasteiger partial charge in [0.15, 0.2) is 0 Å². The lowest BCUT2D eigenvalue weighted by molar-refractivity contribution is 0.344. The lowest BCUT2D eigenvalue weighted by atomic mass is 10.2. The average Bonchev–Trinajstić information content (AvgIpc) is 2.44. The van der Waals surface area contributed by atoms with Crippen LogP contribution in [0.2, 0.25) is 0 Å². The zero-order valence-corrected chi connectivity index (χ0v) is 13.2. The number of nitrogens with one attached hydrogen (secondary N) is 1. The minimum absolute atomic E-state index is 0.0711. The fourth-order valence-electron chi connectivity index (χ4n) is 1.61. The second-order valence-corrected chi connectivity index (χ2v) is 6.18. The highest BCUT2D eigenvalue weighted by Gasteiger charge is 1.99. The van der Waals surface area contributed by atoms with Crippen molar-refractivity contribution in [3.05, 3.63) is 58.6 Å². The van der Waals surface area contributed by atoms with Crippen molar-refractivity contribution in [1.82, 2.24) is 0 Å². The van der Waals surface area contributed by atoms with Gasteiger partial charge in [-0.1, -0.05) is 22.0 Å². The van der Waals surface area contributed by atoms with E-state index in [1.54, 1.807) is 23.9 Å². The fraction of sp³-hybridized carbons (Fsp3) is 0.133. The third-order valence-electron chi connectivity index (χ3n) is 2.58. The molecule has 0 radical (unpaired) electrons. The molecule has 0 saturated carbocycles. The largest absolute Gasteiger partial charge is 0.493 e. The zero-order valence-electron chi connectivity index (χ0n) is 10.8. The number of benzene rings is 2. The van der Waals surface area contributed by atoms with Crippen LogP contribution in [0, 0.1) is 5.41 Å². The van der Waals surface area contributed by atoms with Gasteiger partial charge in [0.05, 0.1) is 6.61 Å². The molecule has 0 amide bonds. The Morgan fingerprint density at radius 1 is 1.20 bits per heavy atom. The molecular weight excluding hydrogens is 336 g/mol. The van der Waals surface area contributed by atoms with Gasteiger partial charge in [-0.15, -0.1) is 11.8 Å². The van der Waals surface area contributed by atoms with Gasteiger partial charge in [-0.05, 0) is 42.5 Å². The van der Waals surface area contributed by atoms with Crippen LogP contribution in [0.15, 0.2) is 57.9 Å². The van der Waals surface area contributed by atoms with E-state index in [4.69, 9.17) is 15.9 Å². The quantitative estimate of drug-likeness (QED) is 0.359. The molecule has 0 spiro atoms. The van der Waals surface area contributed by atoms with Crippen molar-refractivity contribution in [3.8, 4) is 5.75 Å². The van der Waals surface area contributed by atoms with Crippen molar-refractivity contribution >= 4 is 33.5 Å². The highest BCUT2D eigenvalue weighted by Crippen LogP contribution is 2.22. The van der Waals surface area contributed by atoms with Crippen LogP contribution in [0.1, 0.15) is 5.56 Å². The fourth-order valence-corrected chi connectivity index (χ4v) is 2.94. The molecule has 0 unspecified atom stereocenters. The monoisotopic (exact) mass is 350 g/mol. The Morgan fingerprint density at radius 3 is 2.60 bits per heavy atom. The molecule has 2 rings (SSSR count). The first-order valence-electron chi connectivity index (χ1n) is 6.11. The SMILES string of the molecule is N=C(N)c1ccc(OCCSc2cccc(Br)c2)cc1. The Kier molecular flexibility index (Phi) is 5.49. The van der Waals surface area contributed by atoms with E-state index in [1.807, 2.05) is 24.3 Å². The first kappa shape index (κ1) is 14.9. The summed E-state index contributed by atoms with van der Waals surface area (Å²) >= 11 is 5.21. The summed E-state index contributed by atoms with van der Waals surface area (Å²) < 4.78 is 6.74. The summed E-state index contributed by atoms with van der Waals surface area (Å²) in [5, 5.41) is 7.32. The third kappa shape index (κ3) is 4.58. The molecule has 0 fully saturated rings. The van der Waals surface area contributed by atoms with Gasteiger partial charge in [0.1, 0.15) is 11.6 Å². The van der Waals surface area contributed by atoms with Gasteiger partial charge in [-0.3, -0.25) is 5.41 Å². The normalized spacial score (nSPS) is 10.2. The smallest absolute Gasteiger partial charge is 0.122 e. The molecule has 0 aliphatic heterocycles. The molecule has 0 atom stereocenters. The lowest BCUT2D eigenvalue weighted by Gasteiger charge is -2.07. The summed E-state index contributed by atoms with van der Waals surface area (Å²) in [6.45, 7) is 0.636. The molecule has 2 aromatic carbocycles. The molecule has 0 bridgehead atoms. The number of ether oxygens (including phenoxy) is 1. The molecule has 2 aromatic rings. The summed E-state index contributed by atoms with van der Waals surface area (Å²) in [6, 6.07) is 15.5. The van der Waals surface area contributed by atoms with Crippen LogP contribution in [0.5, 0.6) is 5.75 Å². The summed E-state index contributed by atoms with van der Waals surface area (Å²) in [4.78, 5) is 1.22. The molecule has 0 heterocycles. The lowest BCUT2D eigenvalue weighted by Crippen LogP contribution is -2.10. The van der Waals surface area contributed by atoms with Crippen molar-refractivity contribution in [2.75, 3.05) is 12.4 Å². The molecular formula is C15H15BrN2OS. The maximum Gasteiger partial charge on any atom is 0.122 e. The molecule has 3 N–H and O–H groups in total. The van der Waals surface area contributed by atoms with E-state index in [9.17, 15) is 0 Å². The van der Waals surface area contributed by atoms with Gasteiger partial charge >= 0.3 is 0 Å². The Labute approximate surface area is 131 Å². The van der Waals surface area contributed by atoms with Crippen molar-refractivity contribution in [1.29, 1.82) is 5.41 Å². The second kappa shape index (κ2) is 7.36. The minimum atomic E-state index is 0.0711. The minimum Gasteiger partial charge on any atom is -0.493 e. The number of amidine groups is 1. The van der Waals surface area contributed by atoms with Crippen molar-refractivity contribution < 1.29 is 4.74 Å². The Balaban J connectivity index is 1.77. The number of nitrogens with two attached hydrogens (primary N) is 1. The molecule has 5 heteroatoms. The van der Waals surface area contributed by atoms with Gasteiger partial charge in [-0.25, -0.2) is 0 Å². The van der Waals surface area contributed by atoms with E-state index < -0.39 is 0 Å². The Morgan fingerprint density at radius 2 is 1.95 bits per heavy atom. The van der Waals surface area contributed by atoms with Crippen LogP contribution in [-0.2, 0) is 0 Å². The number of hydrogen-bond acceptors (Lipinski definition) is 3. The molecule has 0 aliphatic rings. The standard InChI is InChI=1S/C15H15BrN2OS/c16-12-2-1-3-14(10-12)20-9-8-19-13-6-4-11(5-7-13)15(17)18/h1-7,10H,8-9H2,(H3,17,18). The summed E-state index contributed by atoms with van der Waals surface area (Å²) in [6.07, 6.45) is 0. The van der Waals surface area contributed by atoms with Crippen LogP contribution < -0.4 is 10.5 Å². The maximum absolute atomic E-state index is 7.32. The highest BCUT2D eigenvalue weighted by molar-refractivity contribution is 9.10. The molecule has 0 saturated heterocycles. The molecule has 0 aliphatic carbocycles. The second-order valence-electron chi connectivity index (χ2n) is 4.09. The molecule has 3 nitrogen and oxygen atoms in total. The van der Waals surface area contributed by atoms with E-state index in [0.717, 1.165) is 16.0 Å². The maximum atomic E-state index is 7.32. The number of thioether (sulfide) groups is 1. The average molecular weight is 351 g/mol. The van der Waals surface area contributed by atoms with Gasteiger partial charge in [0, 0.05) is 20.7 Å². The Bertz CT molecular complexity index is 587. The van der Waals surface area contributed by atoms with E-state index in [1.165, 1.54) is 4.90 Å². The molecule has 20 heavy (non-hydrogen) atoms. The van der Waals surface area contributed by atoms with Crippen LogP contribution in [0.3, 0.4) is 0 Å². The van der Waals surface area contributed by atoms with Gasteiger partial charge in [0.2, 0.25) is 0 Å². The number of halogens is 1. The van der Waals surface area contributed by atoms with Gasteiger partial charge in [-0.2, -0.15) is 0 Å². The molecule has 0 aromatic heterocycles.